The van der Waals surface area contributed by atoms with E-state index in [9.17, 15) is 4.57 Å². The lowest BCUT2D eigenvalue weighted by molar-refractivity contribution is 0.313. The van der Waals surface area contributed by atoms with Crippen molar-refractivity contribution in [2.75, 3.05) is 12.8 Å². The van der Waals surface area contributed by atoms with Crippen LogP contribution in [0.5, 0.6) is 0 Å². The first-order chi connectivity index (χ1) is 8.16. The highest BCUT2D eigenvalue weighted by molar-refractivity contribution is 7.66. The fourth-order valence-corrected chi connectivity index (χ4v) is 3.29. The molecule has 1 rings (SSSR count). The van der Waals surface area contributed by atoms with E-state index in [0.29, 0.717) is 19.3 Å². The van der Waals surface area contributed by atoms with E-state index >= 15 is 0 Å². The summed E-state index contributed by atoms with van der Waals surface area (Å²) in [6, 6.07) is 7.58. The molecule has 1 atom stereocenters. The van der Waals surface area contributed by atoms with Gasteiger partial charge in [0, 0.05) is 18.0 Å². The molecule has 1 aromatic carbocycles. The van der Waals surface area contributed by atoms with Gasteiger partial charge in [0.05, 0.1) is 6.61 Å². The van der Waals surface area contributed by atoms with Crippen LogP contribution in [-0.4, -0.2) is 12.8 Å². The maximum Gasteiger partial charge on any atom is 0.231 e. The van der Waals surface area contributed by atoms with Gasteiger partial charge < -0.3 is 10.3 Å². The van der Waals surface area contributed by atoms with Crippen LogP contribution < -0.4 is 11.0 Å². The summed E-state index contributed by atoms with van der Waals surface area (Å²) in [7, 11) is -2.65. The van der Waals surface area contributed by atoms with Gasteiger partial charge in [-0.05, 0) is 24.1 Å². The van der Waals surface area contributed by atoms with E-state index in [0.717, 1.165) is 23.7 Å². The quantitative estimate of drug-likeness (QED) is 0.602. The van der Waals surface area contributed by atoms with Crippen LogP contribution in [0.4, 0.5) is 0 Å². The minimum atomic E-state index is -2.65. The Morgan fingerprint density at radius 2 is 1.88 bits per heavy atom. The molecule has 3 nitrogen and oxygen atoms in total. The van der Waals surface area contributed by atoms with Gasteiger partial charge in [-0.1, -0.05) is 32.4 Å². The Labute approximate surface area is 104 Å². The predicted octanol–water partition coefficient (Wildman–Crippen LogP) is 2.89. The van der Waals surface area contributed by atoms with Crippen LogP contribution in [0, 0.1) is 0 Å². The Morgan fingerprint density at radius 3 is 2.35 bits per heavy atom. The molecule has 0 amide bonds. The second-order valence-corrected chi connectivity index (χ2v) is 6.80. The molecule has 1 aromatic rings. The highest BCUT2D eigenvalue weighted by atomic mass is 31.2. The Morgan fingerprint density at radius 1 is 1.24 bits per heavy atom. The van der Waals surface area contributed by atoms with E-state index < -0.39 is 7.37 Å². The summed E-state index contributed by atoms with van der Waals surface area (Å²) < 4.78 is 18.2. The van der Waals surface area contributed by atoms with Gasteiger partial charge in [0.15, 0.2) is 0 Å². The molecular weight excluding hydrogens is 233 g/mol. The molecule has 0 radical (unpaired) electrons. The van der Waals surface area contributed by atoms with Crippen molar-refractivity contribution in [3.63, 3.8) is 0 Å². The first-order valence-corrected chi connectivity index (χ1v) is 8.00. The molecule has 0 saturated heterocycles. The van der Waals surface area contributed by atoms with E-state index in [2.05, 4.69) is 6.92 Å². The van der Waals surface area contributed by atoms with Gasteiger partial charge in [0.1, 0.15) is 0 Å². The number of nitrogens with two attached hydrogens (primary N) is 1. The maximum atomic E-state index is 12.6. The summed E-state index contributed by atoms with van der Waals surface area (Å²) >= 11 is 0. The summed E-state index contributed by atoms with van der Waals surface area (Å²) in [5.41, 5.74) is 6.59. The van der Waals surface area contributed by atoms with Gasteiger partial charge in [-0.2, -0.15) is 0 Å². The minimum absolute atomic E-state index is 0.507. The zero-order chi connectivity index (χ0) is 12.7. The van der Waals surface area contributed by atoms with E-state index in [1.807, 2.05) is 31.2 Å². The number of unbranched alkanes of at least 4 members (excludes halogenated alkanes) is 1. The summed E-state index contributed by atoms with van der Waals surface area (Å²) in [4.78, 5) is 0. The number of hydrogen-bond acceptors (Lipinski definition) is 3. The molecule has 96 valence electrons. The molecule has 0 fully saturated rings. The lowest BCUT2D eigenvalue weighted by atomic mass is 10.2. The smallest absolute Gasteiger partial charge is 0.231 e. The third-order valence-corrected chi connectivity index (χ3v) is 5.30. The zero-order valence-corrected chi connectivity index (χ0v) is 11.6. The van der Waals surface area contributed by atoms with E-state index in [1.165, 1.54) is 0 Å². The molecule has 0 bridgehead atoms. The van der Waals surface area contributed by atoms with Crippen molar-refractivity contribution in [3.8, 4) is 0 Å². The van der Waals surface area contributed by atoms with Crippen molar-refractivity contribution in [1.29, 1.82) is 0 Å². The lowest BCUT2D eigenvalue weighted by Crippen LogP contribution is -2.11. The second kappa shape index (κ2) is 6.95. The van der Waals surface area contributed by atoms with Gasteiger partial charge in [-0.3, -0.25) is 4.57 Å². The van der Waals surface area contributed by atoms with Crippen LogP contribution in [0.25, 0.3) is 0 Å². The highest BCUT2D eigenvalue weighted by Crippen LogP contribution is 2.45. The Bertz CT molecular complexity index is 376. The highest BCUT2D eigenvalue weighted by Gasteiger charge is 2.22. The van der Waals surface area contributed by atoms with Crippen molar-refractivity contribution in [2.45, 2.75) is 33.2 Å². The second-order valence-electron chi connectivity index (χ2n) is 4.05. The standard InChI is InChI=1S/C13H22NO2P/c1-3-5-10-16-17(15,4-2)13-8-6-12(11-14)7-9-13/h6-9H,3-5,10-11,14H2,1-2H3. The molecule has 0 heterocycles. The van der Waals surface area contributed by atoms with Crippen LogP contribution >= 0.6 is 7.37 Å². The van der Waals surface area contributed by atoms with Gasteiger partial charge in [-0.15, -0.1) is 0 Å². The monoisotopic (exact) mass is 255 g/mol. The van der Waals surface area contributed by atoms with Crippen LogP contribution in [-0.2, 0) is 15.6 Å². The molecule has 1 unspecified atom stereocenters. The average Bonchev–Trinajstić information content (AvgIpc) is 2.39. The molecule has 0 aliphatic carbocycles. The molecular formula is C13H22NO2P. The SMILES string of the molecule is CCCCOP(=O)(CC)c1ccc(CN)cc1. The molecule has 17 heavy (non-hydrogen) atoms. The van der Waals surface area contributed by atoms with Crippen LogP contribution in [0.1, 0.15) is 32.3 Å². The molecule has 2 N–H and O–H groups in total. The Kier molecular flexibility index (Phi) is 5.90. The fraction of sp³-hybridized carbons (Fsp3) is 0.538. The third-order valence-electron chi connectivity index (χ3n) is 2.78. The van der Waals surface area contributed by atoms with Crippen molar-refractivity contribution < 1.29 is 9.09 Å². The third kappa shape index (κ3) is 3.95. The average molecular weight is 255 g/mol. The van der Waals surface area contributed by atoms with Gasteiger partial charge in [-0.25, -0.2) is 0 Å². The Balaban J connectivity index is 2.80. The summed E-state index contributed by atoms with van der Waals surface area (Å²) in [5.74, 6) is 0. The topological polar surface area (TPSA) is 52.3 Å². The summed E-state index contributed by atoms with van der Waals surface area (Å²) in [6.45, 7) is 5.08. The Hall–Kier alpha value is -0.630. The van der Waals surface area contributed by atoms with Crippen molar-refractivity contribution in [3.05, 3.63) is 29.8 Å². The largest absolute Gasteiger partial charge is 0.326 e. The van der Waals surface area contributed by atoms with E-state index in [1.54, 1.807) is 0 Å². The van der Waals surface area contributed by atoms with Crippen molar-refractivity contribution in [1.82, 2.24) is 0 Å². The van der Waals surface area contributed by atoms with Crippen LogP contribution in [0.3, 0.4) is 0 Å². The van der Waals surface area contributed by atoms with Crippen LogP contribution in [0.2, 0.25) is 0 Å². The fourth-order valence-electron chi connectivity index (χ4n) is 1.56. The van der Waals surface area contributed by atoms with Gasteiger partial charge in [0.2, 0.25) is 7.37 Å². The van der Waals surface area contributed by atoms with Gasteiger partial charge in [0.25, 0.3) is 0 Å². The van der Waals surface area contributed by atoms with Crippen molar-refractivity contribution in [2.24, 2.45) is 5.73 Å². The lowest BCUT2D eigenvalue weighted by Gasteiger charge is -2.17. The maximum absolute atomic E-state index is 12.6. The first-order valence-electron chi connectivity index (χ1n) is 6.19. The molecule has 0 aromatic heterocycles. The zero-order valence-electron chi connectivity index (χ0n) is 10.7. The van der Waals surface area contributed by atoms with Gasteiger partial charge >= 0.3 is 0 Å². The molecule has 0 saturated carbocycles. The summed E-state index contributed by atoms with van der Waals surface area (Å²) in [5, 5.41) is 0.799. The minimum Gasteiger partial charge on any atom is -0.326 e. The number of rotatable bonds is 7. The summed E-state index contributed by atoms with van der Waals surface area (Å²) in [6.07, 6.45) is 2.54. The number of benzene rings is 1. The van der Waals surface area contributed by atoms with E-state index in [4.69, 9.17) is 10.3 Å². The number of hydrogen-bond donors (Lipinski definition) is 1. The molecule has 0 aliphatic heterocycles. The van der Waals surface area contributed by atoms with Crippen molar-refractivity contribution >= 4 is 12.7 Å². The molecule has 0 spiro atoms. The molecule has 4 heteroatoms. The van der Waals surface area contributed by atoms with E-state index in [-0.39, 0.29) is 0 Å². The normalized spacial score (nSPS) is 14.5. The first kappa shape index (κ1) is 14.4. The molecule has 0 aliphatic rings. The predicted molar refractivity (Wildman–Crippen MR) is 73.0 cm³/mol. The van der Waals surface area contributed by atoms with Crippen LogP contribution in [0.15, 0.2) is 24.3 Å².